The van der Waals surface area contributed by atoms with Crippen LogP contribution in [0, 0.1) is 0 Å². The zero-order valence-corrected chi connectivity index (χ0v) is 10.1. The Hall–Kier alpha value is -1.62. The summed E-state index contributed by atoms with van der Waals surface area (Å²) in [7, 11) is 1.36. The summed E-state index contributed by atoms with van der Waals surface area (Å²) in [6.07, 6.45) is 1.65. The Morgan fingerprint density at radius 2 is 2.47 bits per heavy atom. The number of pyridine rings is 1. The Balaban J connectivity index is 2.17. The van der Waals surface area contributed by atoms with E-state index in [9.17, 15) is 4.79 Å². The van der Waals surface area contributed by atoms with Gasteiger partial charge in [-0.3, -0.25) is 0 Å². The molecule has 1 fully saturated rings. The number of ether oxygens (including phenoxy) is 1. The zero-order valence-electron chi connectivity index (χ0n) is 10.1. The lowest BCUT2D eigenvalue weighted by molar-refractivity contribution is 0.0594. The van der Waals surface area contributed by atoms with Gasteiger partial charge in [-0.2, -0.15) is 0 Å². The SMILES string of the molecule is COC(=O)c1cc(N2CCN[C@@H](C)C2)ccn1. The predicted octanol–water partition coefficient (Wildman–Crippen LogP) is 0.666. The molecule has 2 rings (SSSR count). The van der Waals surface area contributed by atoms with Crippen LogP contribution in [-0.2, 0) is 4.74 Å². The largest absolute Gasteiger partial charge is 0.464 e. The molecule has 0 saturated carbocycles. The monoisotopic (exact) mass is 235 g/mol. The average Bonchev–Trinajstić information content (AvgIpc) is 2.38. The lowest BCUT2D eigenvalue weighted by atomic mass is 10.2. The van der Waals surface area contributed by atoms with E-state index in [1.807, 2.05) is 6.07 Å². The third kappa shape index (κ3) is 2.74. The molecular formula is C12H17N3O2. The van der Waals surface area contributed by atoms with Gasteiger partial charge in [0, 0.05) is 37.6 Å². The van der Waals surface area contributed by atoms with Gasteiger partial charge in [0.05, 0.1) is 7.11 Å². The number of nitrogens with one attached hydrogen (secondary N) is 1. The first-order chi connectivity index (χ1) is 8.20. The topological polar surface area (TPSA) is 54.5 Å². The van der Waals surface area contributed by atoms with Crippen molar-refractivity contribution in [2.75, 3.05) is 31.6 Å². The first kappa shape index (κ1) is 11.9. The van der Waals surface area contributed by atoms with E-state index in [0.29, 0.717) is 11.7 Å². The van der Waals surface area contributed by atoms with E-state index >= 15 is 0 Å². The summed E-state index contributed by atoms with van der Waals surface area (Å²) in [5.74, 6) is -0.393. The van der Waals surface area contributed by atoms with Crippen LogP contribution in [0.3, 0.4) is 0 Å². The number of methoxy groups -OCH3 is 1. The summed E-state index contributed by atoms with van der Waals surface area (Å²) in [6, 6.07) is 4.16. The number of esters is 1. The molecule has 0 radical (unpaired) electrons. The quantitative estimate of drug-likeness (QED) is 0.763. The van der Waals surface area contributed by atoms with Crippen molar-refractivity contribution < 1.29 is 9.53 Å². The highest BCUT2D eigenvalue weighted by molar-refractivity contribution is 5.88. The van der Waals surface area contributed by atoms with Crippen molar-refractivity contribution in [1.29, 1.82) is 0 Å². The van der Waals surface area contributed by atoms with Crippen LogP contribution in [0.2, 0.25) is 0 Å². The van der Waals surface area contributed by atoms with Crippen molar-refractivity contribution in [2.24, 2.45) is 0 Å². The standard InChI is InChI=1S/C12H17N3O2/c1-9-8-15(6-5-13-9)10-3-4-14-11(7-10)12(16)17-2/h3-4,7,9,13H,5-6,8H2,1-2H3/t9-/m0/s1. The molecule has 1 aliphatic heterocycles. The number of anilines is 1. The minimum Gasteiger partial charge on any atom is -0.464 e. The summed E-state index contributed by atoms with van der Waals surface area (Å²) < 4.78 is 4.67. The molecule has 0 aromatic carbocycles. The normalized spacial score (nSPS) is 20.1. The molecular weight excluding hydrogens is 218 g/mol. The average molecular weight is 235 g/mol. The molecule has 0 unspecified atom stereocenters. The lowest BCUT2D eigenvalue weighted by Gasteiger charge is -2.33. The fourth-order valence-corrected chi connectivity index (χ4v) is 2.00. The first-order valence-electron chi connectivity index (χ1n) is 5.73. The summed E-state index contributed by atoms with van der Waals surface area (Å²) in [5, 5.41) is 3.38. The van der Waals surface area contributed by atoms with Crippen molar-refractivity contribution in [3.63, 3.8) is 0 Å². The molecule has 1 aromatic heterocycles. The molecule has 17 heavy (non-hydrogen) atoms. The van der Waals surface area contributed by atoms with Crippen LogP contribution in [0.1, 0.15) is 17.4 Å². The minimum atomic E-state index is -0.393. The molecule has 5 heteroatoms. The summed E-state index contributed by atoms with van der Waals surface area (Å²) >= 11 is 0. The van der Waals surface area contributed by atoms with Crippen molar-refractivity contribution >= 4 is 11.7 Å². The molecule has 2 heterocycles. The van der Waals surface area contributed by atoms with Gasteiger partial charge >= 0.3 is 5.97 Å². The van der Waals surface area contributed by atoms with Gasteiger partial charge in [0.2, 0.25) is 0 Å². The number of hydrogen-bond donors (Lipinski definition) is 1. The third-order valence-corrected chi connectivity index (χ3v) is 2.87. The molecule has 1 aromatic rings. The second kappa shape index (κ2) is 5.14. The van der Waals surface area contributed by atoms with Gasteiger partial charge in [-0.1, -0.05) is 0 Å². The molecule has 0 aliphatic carbocycles. The number of aromatic nitrogens is 1. The van der Waals surface area contributed by atoms with Crippen LogP contribution in [-0.4, -0.2) is 43.7 Å². The Morgan fingerprint density at radius 3 is 3.18 bits per heavy atom. The van der Waals surface area contributed by atoms with Gasteiger partial charge in [0.1, 0.15) is 5.69 Å². The molecule has 1 saturated heterocycles. The van der Waals surface area contributed by atoms with Crippen LogP contribution >= 0.6 is 0 Å². The summed E-state index contributed by atoms with van der Waals surface area (Å²) in [6.45, 7) is 4.98. The van der Waals surface area contributed by atoms with Crippen LogP contribution in [0.25, 0.3) is 0 Å². The maximum Gasteiger partial charge on any atom is 0.356 e. The molecule has 0 amide bonds. The Morgan fingerprint density at radius 1 is 1.65 bits per heavy atom. The van der Waals surface area contributed by atoms with E-state index in [0.717, 1.165) is 25.3 Å². The van der Waals surface area contributed by atoms with Gasteiger partial charge in [0.25, 0.3) is 0 Å². The van der Waals surface area contributed by atoms with Crippen molar-refractivity contribution in [3.05, 3.63) is 24.0 Å². The van der Waals surface area contributed by atoms with E-state index in [1.54, 1.807) is 12.3 Å². The number of carbonyl (C=O) groups is 1. The maximum absolute atomic E-state index is 11.4. The van der Waals surface area contributed by atoms with Crippen LogP contribution in [0.4, 0.5) is 5.69 Å². The van der Waals surface area contributed by atoms with E-state index in [1.165, 1.54) is 7.11 Å². The highest BCUT2D eigenvalue weighted by Crippen LogP contribution is 2.16. The minimum absolute atomic E-state index is 0.358. The van der Waals surface area contributed by atoms with Crippen LogP contribution < -0.4 is 10.2 Å². The fourth-order valence-electron chi connectivity index (χ4n) is 2.00. The summed E-state index contributed by atoms with van der Waals surface area (Å²) in [4.78, 5) is 17.6. The molecule has 1 atom stereocenters. The van der Waals surface area contributed by atoms with Gasteiger partial charge in [-0.15, -0.1) is 0 Å². The second-order valence-electron chi connectivity index (χ2n) is 4.19. The summed E-state index contributed by atoms with van der Waals surface area (Å²) in [5.41, 5.74) is 1.38. The highest BCUT2D eigenvalue weighted by Gasteiger charge is 2.17. The van der Waals surface area contributed by atoms with E-state index in [2.05, 4.69) is 26.9 Å². The van der Waals surface area contributed by atoms with Gasteiger partial charge in [-0.05, 0) is 19.1 Å². The number of nitrogens with zero attached hydrogens (tertiary/aromatic N) is 2. The van der Waals surface area contributed by atoms with Gasteiger partial charge in [0.15, 0.2) is 0 Å². The number of carbonyl (C=O) groups excluding carboxylic acids is 1. The molecule has 92 valence electrons. The number of rotatable bonds is 2. The Kier molecular flexibility index (Phi) is 3.58. The highest BCUT2D eigenvalue weighted by atomic mass is 16.5. The van der Waals surface area contributed by atoms with E-state index < -0.39 is 5.97 Å². The molecule has 1 aliphatic rings. The molecule has 0 bridgehead atoms. The predicted molar refractivity (Wildman–Crippen MR) is 65.3 cm³/mol. The van der Waals surface area contributed by atoms with Crippen LogP contribution in [0.5, 0.6) is 0 Å². The van der Waals surface area contributed by atoms with Crippen molar-refractivity contribution in [2.45, 2.75) is 13.0 Å². The van der Waals surface area contributed by atoms with Gasteiger partial charge < -0.3 is 15.0 Å². The molecule has 1 N–H and O–H groups in total. The fraction of sp³-hybridized carbons (Fsp3) is 0.500. The zero-order chi connectivity index (χ0) is 12.3. The molecule has 0 spiro atoms. The third-order valence-electron chi connectivity index (χ3n) is 2.87. The first-order valence-corrected chi connectivity index (χ1v) is 5.73. The molecule has 5 nitrogen and oxygen atoms in total. The van der Waals surface area contributed by atoms with Crippen molar-refractivity contribution in [3.8, 4) is 0 Å². The lowest BCUT2D eigenvalue weighted by Crippen LogP contribution is -2.49. The van der Waals surface area contributed by atoms with Crippen LogP contribution in [0.15, 0.2) is 18.3 Å². The van der Waals surface area contributed by atoms with Gasteiger partial charge in [-0.25, -0.2) is 9.78 Å². The smallest absolute Gasteiger partial charge is 0.356 e. The van der Waals surface area contributed by atoms with E-state index in [-0.39, 0.29) is 0 Å². The Bertz CT molecular complexity index is 408. The number of hydrogen-bond acceptors (Lipinski definition) is 5. The number of piperazine rings is 1. The Labute approximate surface area is 101 Å². The maximum atomic E-state index is 11.4. The van der Waals surface area contributed by atoms with E-state index in [4.69, 9.17) is 0 Å². The second-order valence-corrected chi connectivity index (χ2v) is 4.19. The van der Waals surface area contributed by atoms with Crippen molar-refractivity contribution in [1.82, 2.24) is 10.3 Å².